The van der Waals surface area contributed by atoms with Crippen molar-refractivity contribution in [3.8, 4) is 0 Å². The van der Waals surface area contributed by atoms with Crippen molar-refractivity contribution in [1.29, 1.82) is 0 Å². The Morgan fingerprint density at radius 3 is 2.52 bits per heavy atom. The third-order valence-corrected chi connectivity index (χ3v) is 5.30. The molecule has 0 radical (unpaired) electrons. The van der Waals surface area contributed by atoms with Gasteiger partial charge < -0.3 is 14.2 Å². The molecule has 0 aliphatic heterocycles. The summed E-state index contributed by atoms with van der Waals surface area (Å²) in [6.07, 6.45) is 1.57. The quantitative estimate of drug-likeness (QED) is 0.389. The molecule has 0 N–H and O–H groups in total. The molecule has 1 atom stereocenters. The van der Waals surface area contributed by atoms with Crippen LogP contribution < -0.4 is 0 Å². The SMILES string of the molecule is C=CCN(C(=O)c1cccc(Cl)c1)[C@@H](C)C(=O)c1c(C)c(C(=O)OC)n(C)c1C. The molecule has 1 aromatic carbocycles. The van der Waals surface area contributed by atoms with Gasteiger partial charge in [-0.05, 0) is 44.5 Å². The van der Waals surface area contributed by atoms with E-state index >= 15 is 0 Å². The number of Topliss-reactive ketones (excluding diaryl/α,β-unsaturated/α-hetero) is 1. The molecular formula is C22H25ClN2O4. The lowest BCUT2D eigenvalue weighted by molar-refractivity contribution is 0.0588. The van der Waals surface area contributed by atoms with Crippen molar-refractivity contribution in [3.05, 3.63) is 70.0 Å². The maximum absolute atomic E-state index is 13.4. The van der Waals surface area contributed by atoms with Gasteiger partial charge in [-0.25, -0.2) is 4.79 Å². The minimum Gasteiger partial charge on any atom is -0.464 e. The lowest BCUT2D eigenvalue weighted by Crippen LogP contribution is -2.43. The average molecular weight is 417 g/mol. The molecule has 0 unspecified atom stereocenters. The van der Waals surface area contributed by atoms with Crippen molar-refractivity contribution < 1.29 is 19.1 Å². The van der Waals surface area contributed by atoms with E-state index in [4.69, 9.17) is 16.3 Å². The standard InChI is InChI=1S/C22H25ClN2O4/c1-7-11-25(21(27)16-9-8-10-17(23)12-16)15(4)20(26)18-13(2)19(22(28)29-6)24(5)14(18)3/h7-10,12,15H,1,11H2,2-6H3/t15-/m0/s1. The van der Waals surface area contributed by atoms with Crippen LogP contribution in [0.2, 0.25) is 5.02 Å². The predicted octanol–water partition coefficient (Wildman–Crippen LogP) is 3.98. The van der Waals surface area contributed by atoms with Crippen LogP contribution in [0.1, 0.15) is 49.4 Å². The molecule has 0 spiro atoms. The minimum atomic E-state index is -0.773. The van der Waals surface area contributed by atoms with Crippen LogP contribution in [0.4, 0.5) is 0 Å². The molecule has 0 aliphatic rings. The van der Waals surface area contributed by atoms with E-state index in [1.54, 1.807) is 62.7 Å². The normalized spacial score (nSPS) is 11.7. The molecule has 2 aromatic rings. The maximum atomic E-state index is 13.4. The molecule has 6 nitrogen and oxygen atoms in total. The van der Waals surface area contributed by atoms with Crippen LogP contribution in [0.15, 0.2) is 36.9 Å². The first-order chi connectivity index (χ1) is 13.6. The molecule has 154 valence electrons. The zero-order valence-electron chi connectivity index (χ0n) is 17.3. The Bertz CT molecular complexity index is 977. The van der Waals surface area contributed by atoms with Crippen LogP contribution in [0.3, 0.4) is 0 Å². The Morgan fingerprint density at radius 1 is 1.31 bits per heavy atom. The summed E-state index contributed by atoms with van der Waals surface area (Å²) in [6, 6.07) is 5.80. The Labute approximate surface area is 175 Å². The van der Waals surface area contributed by atoms with E-state index in [-0.39, 0.29) is 18.2 Å². The highest BCUT2D eigenvalue weighted by molar-refractivity contribution is 6.31. The number of amides is 1. The maximum Gasteiger partial charge on any atom is 0.354 e. The summed E-state index contributed by atoms with van der Waals surface area (Å²) in [7, 11) is 3.00. The number of esters is 1. The van der Waals surface area contributed by atoms with Gasteiger partial charge in [0.1, 0.15) is 5.69 Å². The number of rotatable bonds is 7. The first kappa shape index (κ1) is 22.4. The first-order valence-electron chi connectivity index (χ1n) is 9.11. The number of carbonyl (C=O) groups excluding carboxylic acids is 3. The molecule has 1 heterocycles. The Morgan fingerprint density at radius 2 is 1.97 bits per heavy atom. The van der Waals surface area contributed by atoms with Gasteiger partial charge >= 0.3 is 5.97 Å². The van der Waals surface area contributed by atoms with Crippen LogP contribution in [-0.2, 0) is 11.8 Å². The number of hydrogen-bond acceptors (Lipinski definition) is 4. The fraction of sp³-hybridized carbons (Fsp3) is 0.318. The van der Waals surface area contributed by atoms with Crippen LogP contribution >= 0.6 is 11.6 Å². The number of aromatic nitrogens is 1. The molecule has 0 fully saturated rings. The highest BCUT2D eigenvalue weighted by Gasteiger charge is 2.32. The van der Waals surface area contributed by atoms with Crippen LogP contribution in [0.25, 0.3) is 0 Å². The van der Waals surface area contributed by atoms with Crippen molar-refractivity contribution in [3.63, 3.8) is 0 Å². The Hall–Kier alpha value is -2.86. The van der Waals surface area contributed by atoms with Gasteiger partial charge in [0.05, 0.1) is 13.2 Å². The molecule has 0 saturated heterocycles. The number of halogens is 1. The molecule has 0 aliphatic carbocycles. The summed E-state index contributed by atoms with van der Waals surface area (Å²) in [6.45, 7) is 9.02. The second kappa shape index (κ2) is 9.09. The average Bonchev–Trinajstić information content (AvgIpc) is 2.92. The summed E-state index contributed by atoms with van der Waals surface area (Å²) in [5.41, 5.74) is 2.28. The minimum absolute atomic E-state index is 0.188. The number of ketones is 1. The Kier molecular flexibility index (Phi) is 7.03. The van der Waals surface area contributed by atoms with Crippen LogP contribution in [0.5, 0.6) is 0 Å². The largest absolute Gasteiger partial charge is 0.464 e. The number of ether oxygens (including phenoxy) is 1. The second-order valence-corrected chi connectivity index (χ2v) is 7.22. The van der Waals surface area contributed by atoms with Gasteiger partial charge in [-0.1, -0.05) is 23.7 Å². The molecular weight excluding hydrogens is 392 g/mol. The lowest BCUT2D eigenvalue weighted by Gasteiger charge is -2.27. The van der Waals surface area contributed by atoms with E-state index in [9.17, 15) is 14.4 Å². The third-order valence-electron chi connectivity index (χ3n) is 5.06. The van der Waals surface area contributed by atoms with Gasteiger partial charge in [-0.3, -0.25) is 9.59 Å². The monoisotopic (exact) mass is 416 g/mol. The van der Waals surface area contributed by atoms with Crippen molar-refractivity contribution in [1.82, 2.24) is 9.47 Å². The zero-order valence-corrected chi connectivity index (χ0v) is 18.0. The van der Waals surface area contributed by atoms with Crippen molar-refractivity contribution in [2.75, 3.05) is 13.7 Å². The summed E-state index contributed by atoms with van der Waals surface area (Å²) in [4.78, 5) is 40.0. The summed E-state index contributed by atoms with van der Waals surface area (Å²) in [5.74, 6) is -1.10. The number of hydrogen-bond donors (Lipinski definition) is 0. The van der Waals surface area contributed by atoms with Gasteiger partial charge in [-0.15, -0.1) is 6.58 Å². The zero-order chi connectivity index (χ0) is 21.9. The summed E-state index contributed by atoms with van der Waals surface area (Å²) < 4.78 is 6.48. The van der Waals surface area contributed by atoms with E-state index in [1.165, 1.54) is 12.0 Å². The third kappa shape index (κ3) is 4.27. The highest BCUT2D eigenvalue weighted by Crippen LogP contribution is 2.25. The molecule has 1 amide bonds. The molecule has 7 heteroatoms. The highest BCUT2D eigenvalue weighted by atomic mass is 35.5. The first-order valence-corrected chi connectivity index (χ1v) is 9.49. The lowest BCUT2D eigenvalue weighted by atomic mass is 9.99. The van der Waals surface area contributed by atoms with E-state index < -0.39 is 12.0 Å². The summed E-state index contributed by atoms with van der Waals surface area (Å²) in [5, 5.41) is 0.436. The molecule has 0 saturated carbocycles. The van der Waals surface area contributed by atoms with E-state index in [1.807, 2.05) is 0 Å². The molecule has 1 aromatic heterocycles. The van der Waals surface area contributed by atoms with Gasteiger partial charge in [0.2, 0.25) is 0 Å². The van der Waals surface area contributed by atoms with Crippen LogP contribution in [-0.4, -0.2) is 46.8 Å². The summed E-state index contributed by atoms with van der Waals surface area (Å²) >= 11 is 6.01. The van der Waals surface area contributed by atoms with Crippen molar-refractivity contribution in [2.45, 2.75) is 26.8 Å². The van der Waals surface area contributed by atoms with Gasteiger partial charge in [0.25, 0.3) is 5.91 Å². The van der Waals surface area contributed by atoms with E-state index in [2.05, 4.69) is 6.58 Å². The molecule has 2 rings (SSSR count). The van der Waals surface area contributed by atoms with Crippen LogP contribution in [0, 0.1) is 13.8 Å². The fourth-order valence-electron chi connectivity index (χ4n) is 3.42. The number of nitrogens with zero attached hydrogens (tertiary/aromatic N) is 2. The van der Waals surface area contributed by atoms with Gasteiger partial charge in [0, 0.05) is 35.4 Å². The number of carbonyl (C=O) groups is 3. The molecule has 0 bridgehead atoms. The molecule has 29 heavy (non-hydrogen) atoms. The van der Waals surface area contributed by atoms with Crippen molar-refractivity contribution >= 4 is 29.3 Å². The number of methoxy groups -OCH3 is 1. The second-order valence-electron chi connectivity index (χ2n) is 6.78. The Balaban J connectivity index is 2.47. The number of benzene rings is 1. The predicted molar refractivity (Wildman–Crippen MR) is 113 cm³/mol. The van der Waals surface area contributed by atoms with E-state index in [0.29, 0.717) is 33.1 Å². The fourth-order valence-corrected chi connectivity index (χ4v) is 3.61. The van der Waals surface area contributed by atoms with Gasteiger partial charge in [-0.2, -0.15) is 0 Å². The van der Waals surface area contributed by atoms with E-state index in [0.717, 1.165) is 0 Å². The van der Waals surface area contributed by atoms with Crippen molar-refractivity contribution in [2.24, 2.45) is 7.05 Å². The smallest absolute Gasteiger partial charge is 0.354 e. The van der Waals surface area contributed by atoms with Gasteiger partial charge in [0.15, 0.2) is 5.78 Å². The topological polar surface area (TPSA) is 68.6 Å².